The highest BCUT2D eigenvalue weighted by atomic mass is 32.2. The second kappa shape index (κ2) is 4.86. The second-order valence-corrected chi connectivity index (χ2v) is 7.61. The van der Waals surface area contributed by atoms with Crippen LogP contribution in [0, 0.1) is 0 Å². The molecule has 0 saturated heterocycles. The summed E-state index contributed by atoms with van der Waals surface area (Å²) in [7, 11) is -3.84. The normalized spacial score (nSPS) is 12.5. The van der Waals surface area contributed by atoms with E-state index in [0.29, 0.717) is 11.2 Å². The van der Waals surface area contributed by atoms with E-state index in [1.165, 1.54) is 13.8 Å². The number of pyridine rings is 1. The van der Waals surface area contributed by atoms with Crippen molar-refractivity contribution in [3.63, 3.8) is 0 Å². The van der Waals surface area contributed by atoms with Crippen molar-refractivity contribution in [3.8, 4) is 0 Å². The molecular weight excluding hydrogens is 278 g/mol. The molecule has 1 aromatic carbocycles. The molecule has 0 unspecified atom stereocenters. The Bertz CT molecular complexity index is 766. The van der Waals surface area contributed by atoms with E-state index in [1.54, 1.807) is 18.2 Å². The van der Waals surface area contributed by atoms with Crippen LogP contribution in [0.25, 0.3) is 10.9 Å². The van der Waals surface area contributed by atoms with Crippen LogP contribution in [-0.2, 0) is 20.4 Å². The number of fused-ring (bicyclic) bond motifs is 1. The van der Waals surface area contributed by atoms with Gasteiger partial charge >= 0.3 is 5.97 Å². The van der Waals surface area contributed by atoms with Crippen LogP contribution in [0.2, 0.25) is 0 Å². The molecule has 0 aliphatic rings. The summed E-state index contributed by atoms with van der Waals surface area (Å²) < 4.78 is 22.5. The Labute approximate surface area is 117 Å². The van der Waals surface area contributed by atoms with Crippen LogP contribution < -0.4 is 0 Å². The minimum absolute atomic E-state index is 0.345. The molecule has 2 rings (SSSR count). The van der Waals surface area contributed by atoms with Crippen molar-refractivity contribution in [2.24, 2.45) is 0 Å². The van der Waals surface area contributed by atoms with Gasteiger partial charge in [0, 0.05) is 5.39 Å². The summed E-state index contributed by atoms with van der Waals surface area (Å²) in [6.45, 7) is 2.37. The SMILES string of the molecule is CC(C)(C(=O)O)S(=O)(=O)Cc1ccc2ccccc2n1. The van der Waals surface area contributed by atoms with Crippen LogP contribution in [0.4, 0.5) is 0 Å². The average molecular weight is 293 g/mol. The average Bonchev–Trinajstić information content (AvgIpc) is 2.37. The lowest BCUT2D eigenvalue weighted by atomic mass is 10.2. The minimum Gasteiger partial charge on any atom is -0.480 e. The van der Waals surface area contributed by atoms with Crippen molar-refractivity contribution >= 4 is 26.7 Å². The summed E-state index contributed by atoms with van der Waals surface area (Å²) in [5, 5.41) is 9.94. The molecule has 2 aromatic rings. The maximum atomic E-state index is 12.2. The number of para-hydroxylation sites is 1. The number of carboxylic acid groups (broad SMARTS) is 1. The zero-order valence-electron chi connectivity index (χ0n) is 11.2. The summed E-state index contributed by atoms with van der Waals surface area (Å²) in [4.78, 5) is 15.3. The molecule has 20 heavy (non-hydrogen) atoms. The van der Waals surface area contributed by atoms with Crippen LogP contribution in [0.1, 0.15) is 19.5 Å². The molecular formula is C14H15NO4S. The van der Waals surface area contributed by atoms with Crippen LogP contribution in [0.15, 0.2) is 36.4 Å². The number of aromatic nitrogens is 1. The van der Waals surface area contributed by atoms with Crippen molar-refractivity contribution < 1.29 is 18.3 Å². The van der Waals surface area contributed by atoms with E-state index in [2.05, 4.69) is 4.98 Å². The second-order valence-electron chi connectivity index (χ2n) is 5.07. The summed E-state index contributed by atoms with van der Waals surface area (Å²) >= 11 is 0. The Balaban J connectivity index is 2.39. The summed E-state index contributed by atoms with van der Waals surface area (Å²) in [6.07, 6.45) is 0. The number of nitrogens with zero attached hydrogens (tertiary/aromatic N) is 1. The lowest BCUT2D eigenvalue weighted by Gasteiger charge is -2.19. The fourth-order valence-electron chi connectivity index (χ4n) is 1.70. The minimum atomic E-state index is -3.84. The zero-order chi connectivity index (χ0) is 15.0. The van der Waals surface area contributed by atoms with Gasteiger partial charge in [0.2, 0.25) is 0 Å². The molecule has 106 valence electrons. The van der Waals surface area contributed by atoms with Gasteiger partial charge in [-0.1, -0.05) is 24.3 Å². The molecule has 1 N–H and O–H groups in total. The first-order valence-corrected chi connectivity index (χ1v) is 7.69. The van der Waals surface area contributed by atoms with E-state index in [0.717, 1.165) is 5.39 Å². The number of benzene rings is 1. The topological polar surface area (TPSA) is 84.3 Å². The van der Waals surface area contributed by atoms with E-state index in [9.17, 15) is 13.2 Å². The van der Waals surface area contributed by atoms with Gasteiger partial charge in [-0.2, -0.15) is 0 Å². The Morgan fingerprint density at radius 3 is 2.50 bits per heavy atom. The number of aliphatic carboxylic acids is 1. The zero-order valence-corrected chi connectivity index (χ0v) is 12.0. The molecule has 0 fully saturated rings. The molecule has 5 nitrogen and oxygen atoms in total. The standard InChI is InChI=1S/C14H15NO4S/c1-14(2,13(16)17)20(18,19)9-11-8-7-10-5-3-4-6-12(10)15-11/h3-8H,9H2,1-2H3,(H,16,17). The molecule has 1 aromatic heterocycles. The highest BCUT2D eigenvalue weighted by molar-refractivity contribution is 7.92. The summed E-state index contributed by atoms with van der Waals surface area (Å²) in [5.41, 5.74) is 1.03. The third-order valence-corrected chi connectivity index (χ3v) is 5.69. The monoisotopic (exact) mass is 293 g/mol. The molecule has 0 radical (unpaired) electrons. The molecule has 0 aliphatic carbocycles. The van der Waals surface area contributed by atoms with Crippen molar-refractivity contribution in [1.29, 1.82) is 0 Å². The third-order valence-electron chi connectivity index (χ3n) is 3.29. The quantitative estimate of drug-likeness (QED) is 0.932. The van der Waals surface area contributed by atoms with Crippen molar-refractivity contribution in [1.82, 2.24) is 4.98 Å². The largest absolute Gasteiger partial charge is 0.480 e. The van der Waals surface area contributed by atoms with Gasteiger partial charge in [0.25, 0.3) is 0 Å². The first-order chi connectivity index (χ1) is 9.24. The molecule has 1 heterocycles. The van der Waals surface area contributed by atoms with Gasteiger partial charge in [-0.15, -0.1) is 0 Å². The molecule has 0 bridgehead atoms. The molecule has 0 aliphatic heterocycles. The molecule has 6 heteroatoms. The lowest BCUT2D eigenvalue weighted by Crippen LogP contribution is -2.41. The number of hydrogen-bond acceptors (Lipinski definition) is 4. The van der Waals surface area contributed by atoms with Crippen LogP contribution in [-0.4, -0.2) is 29.2 Å². The molecule has 0 amide bonds. The Morgan fingerprint density at radius 1 is 1.20 bits per heavy atom. The molecule has 0 atom stereocenters. The lowest BCUT2D eigenvalue weighted by molar-refractivity contribution is -0.139. The van der Waals surface area contributed by atoms with Gasteiger partial charge in [-0.25, -0.2) is 8.42 Å². The summed E-state index contributed by atoms with van der Waals surface area (Å²) in [6, 6.07) is 10.7. The van der Waals surface area contributed by atoms with Gasteiger partial charge in [0.15, 0.2) is 14.6 Å². The smallest absolute Gasteiger partial charge is 0.324 e. The fraction of sp³-hybridized carbons (Fsp3) is 0.286. The van der Waals surface area contributed by atoms with Crippen molar-refractivity contribution in [3.05, 3.63) is 42.1 Å². The Kier molecular flexibility index (Phi) is 3.52. The molecule has 0 spiro atoms. The number of carboxylic acids is 1. The van der Waals surface area contributed by atoms with Crippen molar-refractivity contribution in [2.75, 3.05) is 0 Å². The van der Waals surface area contributed by atoms with E-state index >= 15 is 0 Å². The van der Waals surface area contributed by atoms with Crippen LogP contribution in [0.5, 0.6) is 0 Å². The maximum Gasteiger partial charge on any atom is 0.324 e. The van der Waals surface area contributed by atoms with Gasteiger partial charge in [0.1, 0.15) is 0 Å². The van der Waals surface area contributed by atoms with Gasteiger partial charge in [-0.05, 0) is 26.0 Å². The fourth-order valence-corrected chi connectivity index (χ4v) is 2.87. The Hall–Kier alpha value is -1.95. The maximum absolute atomic E-state index is 12.2. The molecule has 0 saturated carbocycles. The van der Waals surface area contributed by atoms with E-state index in [-0.39, 0.29) is 0 Å². The number of sulfone groups is 1. The highest BCUT2D eigenvalue weighted by Gasteiger charge is 2.41. The van der Waals surface area contributed by atoms with Crippen LogP contribution in [0.3, 0.4) is 0 Å². The van der Waals surface area contributed by atoms with Crippen molar-refractivity contribution in [2.45, 2.75) is 24.3 Å². The van der Waals surface area contributed by atoms with E-state index < -0.39 is 26.3 Å². The number of rotatable bonds is 4. The van der Waals surface area contributed by atoms with E-state index in [4.69, 9.17) is 5.11 Å². The van der Waals surface area contributed by atoms with Gasteiger partial charge in [-0.3, -0.25) is 9.78 Å². The predicted octanol–water partition coefficient (Wildman–Crippen LogP) is 2.01. The van der Waals surface area contributed by atoms with Crippen LogP contribution >= 0.6 is 0 Å². The number of hydrogen-bond donors (Lipinski definition) is 1. The predicted molar refractivity (Wildman–Crippen MR) is 76.1 cm³/mol. The highest BCUT2D eigenvalue weighted by Crippen LogP contribution is 2.22. The van der Waals surface area contributed by atoms with E-state index in [1.807, 2.05) is 18.2 Å². The first-order valence-electron chi connectivity index (χ1n) is 6.04. The first kappa shape index (κ1) is 14.5. The van der Waals surface area contributed by atoms with Gasteiger partial charge < -0.3 is 5.11 Å². The van der Waals surface area contributed by atoms with Gasteiger partial charge in [0.05, 0.1) is 17.0 Å². The third kappa shape index (κ3) is 2.51. The Morgan fingerprint density at radius 2 is 1.85 bits per heavy atom. The number of carbonyl (C=O) groups is 1. The summed E-state index contributed by atoms with van der Waals surface area (Å²) in [5.74, 6) is -1.75.